The predicted molar refractivity (Wildman–Crippen MR) is 105 cm³/mol. The fraction of sp³-hybridized carbons (Fsp3) is 0.263. The number of hydrogen-bond donors (Lipinski definition) is 1. The molecule has 1 aromatic carbocycles. The van der Waals surface area contributed by atoms with Gasteiger partial charge in [0.25, 0.3) is 5.91 Å². The van der Waals surface area contributed by atoms with E-state index in [1.807, 2.05) is 29.0 Å². The standard InChI is InChI=1S/C19H19N3O2S2/c1-24-16-5-4-14-10-22(7-6-13(14)9-16)11-15-12-26-19(20-15)21-18(23)17-3-2-8-25-17/h2-5,8-9,12H,6-7,10-11H2,1H3,(H,20,21,23). The Bertz CT molecular complexity index is 905. The first-order chi connectivity index (χ1) is 12.7. The van der Waals surface area contributed by atoms with E-state index in [2.05, 4.69) is 27.3 Å². The van der Waals surface area contributed by atoms with Gasteiger partial charge in [-0.2, -0.15) is 0 Å². The van der Waals surface area contributed by atoms with Crippen LogP contribution in [0, 0.1) is 0 Å². The lowest BCUT2D eigenvalue weighted by atomic mass is 9.99. The fourth-order valence-electron chi connectivity index (χ4n) is 3.08. The molecular weight excluding hydrogens is 366 g/mol. The van der Waals surface area contributed by atoms with Gasteiger partial charge in [-0.25, -0.2) is 4.98 Å². The number of methoxy groups -OCH3 is 1. The minimum atomic E-state index is -0.0956. The minimum absolute atomic E-state index is 0.0956. The van der Waals surface area contributed by atoms with E-state index < -0.39 is 0 Å². The van der Waals surface area contributed by atoms with Crippen LogP contribution in [0.3, 0.4) is 0 Å². The molecule has 2 aromatic heterocycles. The number of benzene rings is 1. The second-order valence-corrected chi connectivity index (χ2v) is 7.98. The average Bonchev–Trinajstić information content (AvgIpc) is 3.33. The van der Waals surface area contributed by atoms with Crippen molar-refractivity contribution >= 4 is 33.7 Å². The number of thiophene rings is 1. The first-order valence-corrected chi connectivity index (χ1v) is 10.1. The van der Waals surface area contributed by atoms with Crippen LogP contribution in [0.4, 0.5) is 5.13 Å². The summed E-state index contributed by atoms with van der Waals surface area (Å²) >= 11 is 2.90. The maximum atomic E-state index is 12.1. The number of fused-ring (bicyclic) bond motifs is 1. The monoisotopic (exact) mass is 385 g/mol. The van der Waals surface area contributed by atoms with Gasteiger partial charge in [-0.15, -0.1) is 22.7 Å². The number of nitrogens with one attached hydrogen (secondary N) is 1. The molecule has 3 aromatic rings. The van der Waals surface area contributed by atoms with Crippen LogP contribution >= 0.6 is 22.7 Å². The second kappa shape index (κ2) is 7.57. The molecule has 0 saturated carbocycles. The summed E-state index contributed by atoms with van der Waals surface area (Å²) in [7, 11) is 1.70. The highest BCUT2D eigenvalue weighted by Gasteiger charge is 2.18. The zero-order valence-electron chi connectivity index (χ0n) is 14.4. The van der Waals surface area contributed by atoms with Crippen molar-refractivity contribution in [3.8, 4) is 5.75 Å². The smallest absolute Gasteiger partial charge is 0.267 e. The van der Waals surface area contributed by atoms with Crippen LogP contribution in [-0.4, -0.2) is 29.4 Å². The molecule has 0 atom stereocenters. The molecule has 7 heteroatoms. The van der Waals surface area contributed by atoms with E-state index in [0.717, 1.165) is 37.5 Å². The number of aromatic nitrogens is 1. The van der Waals surface area contributed by atoms with E-state index in [4.69, 9.17) is 4.74 Å². The van der Waals surface area contributed by atoms with Crippen LogP contribution in [0.5, 0.6) is 5.75 Å². The molecular formula is C19H19N3O2S2. The van der Waals surface area contributed by atoms with Gasteiger partial charge in [0, 0.05) is 25.0 Å². The number of carbonyl (C=O) groups is 1. The van der Waals surface area contributed by atoms with Crippen molar-refractivity contribution in [1.29, 1.82) is 0 Å². The third-order valence-electron chi connectivity index (χ3n) is 4.41. The minimum Gasteiger partial charge on any atom is -0.497 e. The molecule has 1 amide bonds. The number of hydrogen-bond acceptors (Lipinski definition) is 6. The van der Waals surface area contributed by atoms with Crippen molar-refractivity contribution in [2.45, 2.75) is 19.5 Å². The van der Waals surface area contributed by atoms with Gasteiger partial charge in [-0.05, 0) is 41.1 Å². The van der Waals surface area contributed by atoms with Crippen molar-refractivity contribution in [2.75, 3.05) is 19.0 Å². The van der Waals surface area contributed by atoms with Gasteiger partial charge < -0.3 is 4.74 Å². The van der Waals surface area contributed by atoms with E-state index in [-0.39, 0.29) is 5.91 Å². The van der Waals surface area contributed by atoms with Gasteiger partial charge >= 0.3 is 0 Å². The van der Waals surface area contributed by atoms with Crippen LogP contribution in [0.15, 0.2) is 41.1 Å². The third kappa shape index (κ3) is 3.80. The van der Waals surface area contributed by atoms with E-state index in [9.17, 15) is 4.79 Å². The van der Waals surface area contributed by atoms with Gasteiger partial charge in [0.05, 0.1) is 17.7 Å². The fourth-order valence-corrected chi connectivity index (χ4v) is 4.40. The quantitative estimate of drug-likeness (QED) is 0.721. The largest absolute Gasteiger partial charge is 0.497 e. The highest BCUT2D eigenvalue weighted by Crippen LogP contribution is 2.25. The number of carbonyl (C=O) groups excluding carboxylic acids is 1. The summed E-state index contributed by atoms with van der Waals surface area (Å²) in [6.07, 6.45) is 1.01. The number of ether oxygens (including phenoxy) is 1. The molecule has 4 rings (SSSR count). The van der Waals surface area contributed by atoms with E-state index >= 15 is 0 Å². The Morgan fingerprint density at radius 2 is 2.23 bits per heavy atom. The normalized spacial score (nSPS) is 14.0. The lowest BCUT2D eigenvalue weighted by Crippen LogP contribution is -2.30. The summed E-state index contributed by atoms with van der Waals surface area (Å²) in [6.45, 7) is 2.69. The molecule has 134 valence electrons. The van der Waals surface area contributed by atoms with E-state index in [1.54, 1.807) is 7.11 Å². The van der Waals surface area contributed by atoms with E-state index in [1.165, 1.54) is 33.8 Å². The Labute approximate surface area is 160 Å². The number of rotatable bonds is 5. The third-order valence-corrected chi connectivity index (χ3v) is 6.08. The summed E-state index contributed by atoms with van der Waals surface area (Å²) in [5.41, 5.74) is 3.70. The molecule has 0 radical (unpaired) electrons. The van der Waals surface area contributed by atoms with Crippen molar-refractivity contribution < 1.29 is 9.53 Å². The molecule has 26 heavy (non-hydrogen) atoms. The van der Waals surface area contributed by atoms with Crippen molar-refractivity contribution in [2.24, 2.45) is 0 Å². The molecule has 1 N–H and O–H groups in total. The Morgan fingerprint density at radius 3 is 3.04 bits per heavy atom. The SMILES string of the molecule is COc1ccc2c(c1)CCN(Cc1csc(NC(=O)c3cccs3)n1)C2. The number of amides is 1. The summed E-state index contributed by atoms with van der Waals surface area (Å²) in [6, 6.07) is 9.98. The maximum Gasteiger partial charge on any atom is 0.267 e. The maximum absolute atomic E-state index is 12.1. The lowest BCUT2D eigenvalue weighted by Gasteiger charge is -2.28. The average molecular weight is 386 g/mol. The van der Waals surface area contributed by atoms with Crippen LogP contribution in [-0.2, 0) is 19.5 Å². The number of nitrogens with zero attached hydrogens (tertiary/aromatic N) is 2. The van der Waals surface area contributed by atoms with Crippen LogP contribution < -0.4 is 10.1 Å². The van der Waals surface area contributed by atoms with Gasteiger partial charge in [0.1, 0.15) is 5.75 Å². The van der Waals surface area contributed by atoms with Gasteiger partial charge in [0.15, 0.2) is 5.13 Å². The topological polar surface area (TPSA) is 54.5 Å². The molecule has 5 nitrogen and oxygen atoms in total. The molecule has 0 unspecified atom stereocenters. The highest BCUT2D eigenvalue weighted by molar-refractivity contribution is 7.14. The van der Waals surface area contributed by atoms with Crippen LogP contribution in [0.25, 0.3) is 0 Å². The van der Waals surface area contributed by atoms with Gasteiger partial charge in [-0.1, -0.05) is 12.1 Å². The van der Waals surface area contributed by atoms with Crippen molar-refractivity contribution in [3.63, 3.8) is 0 Å². The van der Waals surface area contributed by atoms with E-state index in [0.29, 0.717) is 10.0 Å². The highest BCUT2D eigenvalue weighted by atomic mass is 32.1. The molecule has 0 bridgehead atoms. The van der Waals surface area contributed by atoms with Gasteiger partial charge in [0.2, 0.25) is 0 Å². The molecule has 0 fully saturated rings. The van der Waals surface area contributed by atoms with Gasteiger partial charge in [-0.3, -0.25) is 15.0 Å². The molecule has 0 spiro atoms. The Morgan fingerprint density at radius 1 is 1.31 bits per heavy atom. The Balaban J connectivity index is 1.38. The Kier molecular flexibility index (Phi) is 5.01. The molecule has 1 aliphatic rings. The van der Waals surface area contributed by atoms with Crippen molar-refractivity contribution in [1.82, 2.24) is 9.88 Å². The zero-order valence-corrected chi connectivity index (χ0v) is 16.0. The second-order valence-electron chi connectivity index (χ2n) is 6.17. The zero-order chi connectivity index (χ0) is 17.9. The summed E-state index contributed by atoms with van der Waals surface area (Å²) < 4.78 is 5.31. The Hall–Kier alpha value is -2.22. The number of anilines is 1. The van der Waals surface area contributed by atoms with Crippen LogP contribution in [0.1, 0.15) is 26.5 Å². The molecule has 0 saturated heterocycles. The summed E-state index contributed by atoms with van der Waals surface area (Å²) in [5, 5.41) is 7.45. The summed E-state index contributed by atoms with van der Waals surface area (Å²) in [5.74, 6) is 0.824. The first-order valence-electron chi connectivity index (χ1n) is 8.38. The van der Waals surface area contributed by atoms with Crippen molar-refractivity contribution in [3.05, 3.63) is 62.8 Å². The number of thiazole rings is 1. The molecule has 0 aliphatic carbocycles. The first kappa shape index (κ1) is 17.2. The summed E-state index contributed by atoms with van der Waals surface area (Å²) in [4.78, 5) is 19.8. The predicted octanol–water partition coefficient (Wildman–Crippen LogP) is 4.02. The molecule has 3 heterocycles. The molecule has 1 aliphatic heterocycles. The van der Waals surface area contributed by atoms with Crippen LogP contribution in [0.2, 0.25) is 0 Å². The lowest BCUT2D eigenvalue weighted by molar-refractivity contribution is 0.103.